The highest BCUT2D eigenvalue weighted by Crippen LogP contribution is 2.16. The summed E-state index contributed by atoms with van der Waals surface area (Å²) in [6.07, 6.45) is 3.08. The lowest BCUT2D eigenvalue weighted by atomic mass is 10.1. The first-order chi connectivity index (χ1) is 7.72. The Labute approximate surface area is 97.0 Å². The predicted octanol–water partition coefficient (Wildman–Crippen LogP) is 1.95. The van der Waals surface area contributed by atoms with Crippen LogP contribution in [0.15, 0.2) is 36.0 Å². The fourth-order valence-corrected chi connectivity index (χ4v) is 1.55. The molecule has 1 aromatic carbocycles. The summed E-state index contributed by atoms with van der Waals surface area (Å²) in [6, 6.07) is 5.41. The highest BCUT2D eigenvalue weighted by atomic mass is 35.5. The molecule has 0 spiro atoms. The molecule has 1 aromatic heterocycles. The van der Waals surface area contributed by atoms with Crippen molar-refractivity contribution in [3.63, 3.8) is 0 Å². The minimum absolute atomic E-state index is 0.0632. The van der Waals surface area contributed by atoms with Crippen LogP contribution in [0, 0.1) is 6.92 Å². The van der Waals surface area contributed by atoms with Crippen LogP contribution in [0.1, 0.15) is 11.1 Å². The van der Waals surface area contributed by atoms with Crippen molar-refractivity contribution in [3.05, 3.63) is 42.0 Å². The molecule has 0 unspecified atom stereocenters. The summed E-state index contributed by atoms with van der Waals surface area (Å²) < 4.78 is 1.66. The molecule has 2 rings (SSSR count). The van der Waals surface area contributed by atoms with Crippen LogP contribution < -0.4 is 0 Å². The molecule has 1 N–H and O–H groups in total. The molecule has 0 aliphatic carbocycles. The van der Waals surface area contributed by atoms with Gasteiger partial charge in [-0.15, -0.1) is 0 Å². The number of halogens is 1. The van der Waals surface area contributed by atoms with Crippen molar-refractivity contribution >= 4 is 16.8 Å². The van der Waals surface area contributed by atoms with Crippen LogP contribution in [0.25, 0.3) is 5.69 Å². The molecule has 0 fully saturated rings. The first-order valence-corrected chi connectivity index (χ1v) is 4.93. The number of aryl methyl sites for hydroxylation is 1. The second-order valence-electron chi connectivity index (χ2n) is 3.23. The number of aromatic nitrogens is 3. The van der Waals surface area contributed by atoms with Gasteiger partial charge >= 0.3 is 0 Å². The van der Waals surface area contributed by atoms with Gasteiger partial charge in [-0.05, 0) is 30.7 Å². The van der Waals surface area contributed by atoms with Crippen molar-refractivity contribution in [2.75, 3.05) is 0 Å². The predicted molar refractivity (Wildman–Crippen MR) is 60.3 cm³/mol. The van der Waals surface area contributed by atoms with Gasteiger partial charge in [0, 0.05) is 5.56 Å². The van der Waals surface area contributed by atoms with Crippen LogP contribution >= 0.6 is 11.6 Å². The first-order valence-electron chi connectivity index (χ1n) is 4.56. The summed E-state index contributed by atoms with van der Waals surface area (Å²) in [7, 11) is 0. The molecular formula is C10H9ClN4O. The van der Waals surface area contributed by atoms with Crippen molar-refractivity contribution < 1.29 is 5.21 Å². The zero-order chi connectivity index (χ0) is 11.5. The zero-order valence-electron chi connectivity index (χ0n) is 8.50. The third-order valence-electron chi connectivity index (χ3n) is 2.19. The number of nitrogens with zero attached hydrogens (tertiary/aromatic N) is 4. The molecule has 6 heteroatoms. The van der Waals surface area contributed by atoms with Crippen molar-refractivity contribution in [1.82, 2.24) is 14.8 Å². The summed E-state index contributed by atoms with van der Waals surface area (Å²) in [5.41, 5.74) is 2.53. The van der Waals surface area contributed by atoms with Gasteiger partial charge < -0.3 is 5.21 Å². The number of hydrogen-bond donors (Lipinski definition) is 1. The average Bonchev–Trinajstić information content (AvgIpc) is 2.81. The lowest BCUT2D eigenvalue weighted by molar-refractivity contribution is 0.321. The molecule has 0 saturated carbocycles. The fraction of sp³-hybridized carbons (Fsp3) is 0.100. The van der Waals surface area contributed by atoms with Gasteiger partial charge in [-0.1, -0.05) is 16.8 Å². The lowest BCUT2D eigenvalue weighted by Gasteiger charge is -2.06. The minimum atomic E-state index is 0.0632. The van der Waals surface area contributed by atoms with Crippen LogP contribution in [-0.4, -0.2) is 25.1 Å². The van der Waals surface area contributed by atoms with E-state index < -0.39 is 0 Å². The van der Waals surface area contributed by atoms with Gasteiger partial charge in [-0.25, -0.2) is 9.67 Å². The second-order valence-corrected chi connectivity index (χ2v) is 3.59. The van der Waals surface area contributed by atoms with E-state index >= 15 is 0 Å². The van der Waals surface area contributed by atoms with Crippen molar-refractivity contribution in [1.29, 1.82) is 0 Å². The molecule has 16 heavy (non-hydrogen) atoms. The molecule has 0 saturated heterocycles. The van der Waals surface area contributed by atoms with Gasteiger partial charge in [0.1, 0.15) is 12.7 Å². The molecule has 5 nitrogen and oxygen atoms in total. The summed E-state index contributed by atoms with van der Waals surface area (Å²) in [5.74, 6) is 0. The van der Waals surface area contributed by atoms with E-state index in [1.807, 2.05) is 19.1 Å². The average molecular weight is 237 g/mol. The summed E-state index contributed by atoms with van der Waals surface area (Å²) in [5, 5.41) is 15.6. The Kier molecular flexibility index (Phi) is 2.87. The Morgan fingerprint density at radius 3 is 2.88 bits per heavy atom. The quantitative estimate of drug-likeness (QED) is 0.493. The first kappa shape index (κ1) is 10.6. The van der Waals surface area contributed by atoms with Gasteiger partial charge in [0.25, 0.3) is 0 Å². The van der Waals surface area contributed by atoms with E-state index in [1.165, 1.54) is 6.33 Å². The summed E-state index contributed by atoms with van der Waals surface area (Å²) >= 11 is 5.71. The van der Waals surface area contributed by atoms with E-state index in [0.717, 1.165) is 11.3 Å². The van der Waals surface area contributed by atoms with E-state index in [0.29, 0.717) is 5.56 Å². The Bertz CT molecular complexity index is 522. The van der Waals surface area contributed by atoms with Gasteiger partial charge in [0.05, 0.1) is 5.69 Å². The Morgan fingerprint density at radius 1 is 1.50 bits per heavy atom. The fourth-order valence-electron chi connectivity index (χ4n) is 1.43. The van der Waals surface area contributed by atoms with Crippen molar-refractivity contribution in [2.45, 2.75) is 6.92 Å². The zero-order valence-corrected chi connectivity index (χ0v) is 9.26. The Hall–Kier alpha value is -1.88. The van der Waals surface area contributed by atoms with Crippen LogP contribution in [0.4, 0.5) is 0 Å². The molecule has 0 aliphatic heterocycles. The van der Waals surface area contributed by atoms with Gasteiger partial charge in [-0.2, -0.15) is 5.10 Å². The largest absolute Gasteiger partial charge is 0.410 e. The van der Waals surface area contributed by atoms with Crippen molar-refractivity contribution in [3.8, 4) is 5.69 Å². The highest BCUT2D eigenvalue weighted by molar-refractivity contribution is 6.69. The number of oxime groups is 1. The smallest absolute Gasteiger partial charge is 0.175 e. The molecule has 2 aromatic rings. The highest BCUT2D eigenvalue weighted by Gasteiger charge is 2.06. The van der Waals surface area contributed by atoms with E-state index in [4.69, 9.17) is 16.8 Å². The molecule has 0 bridgehead atoms. The molecular weight excluding hydrogens is 228 g/mol. The molecule has 0 atom stereocenters. The maximum absolute atomic E-state index is 8.56. The number of rotatable bonds is 2. The van der Waals surface area contributed by atoms with Crippen LogP contribution in [0.2, 0.25) is 0 Å². The van der Waals surface area contributed by atoms with E-state index in [9.17, 15) is 0 Å². The Morgan fingerprint density at radius 2 is 2.31 bits per heavy atom. The van der Waals surface area contributed by atoms with Gasteiger partial charge in [-0.3, -0.25) is 0 Å². The van der Waals surface area contributed by atoms with Crippen LogP contribution in [0.5, 0.6) is 0 Å². The third-order valence-corrected chi connectivity index (χ3v) is 2.48. The second kappa shape index (κ2) is 4.32. The Balaban J connectivity index is 2.45. The third kappa shape index (κ3) is 1.90. The normalized spacial score (nSPS) is 11.8. The van der Waals surface area contributed by atoms with E-state index in [-0.39, 0.29) is 5.17 Å². The SMILES string of the molecule is Cc1cc(C(Cl)=NO)ccc1-n1cncn1. The van der Waals surface area contributed by atoms with Gasteiger partial charge in [0.2, 0.25) is 0 Å². The molecule has 1 heterocycles. The standard InChI is InChI=1S/C10H9ClN4O/c1-7-4-8(10(11)14-16)2-3-9(7)15-6-12-5-13-15/h2-6,16H,1H3. The summed E-state index contributed by atoms with van der Waals surface area (Å²) in [6.45, 7) is 1.92. The van der Waals surface area contributed by atoms with Crippen LogP contribution in [-0.2, 0) is 0 Å². The molecule has 0 aliphatic rings. The number of hydrogen-bond acceptors (Lipinski definition) is 4. The lowest BCUT2D eigenvalue weighted by Crippen LogP contribution is -2.00. The van der Waals surface area contributed by atoms with Crippen LogP contribution in [0.3, 0.4) is 0 Å². The molecule has 82 valence electrons. The van der Waals surface area contributed by atoms with Crippen molar-refractivity contribution in [2.24, 2.45) is 5.16 Å². The van der Waals surface area contributed by atoms with E-state index in [1.54, 1.807) is 17.1 Å². The summed E-state index contributed by atoms with van der Waals surface area (Å²) in [4.78, 5) is 3.88. The maximum Gasteiger partial charge on any atom is 0.175 e. The minimum Gasteiger partial charge on any atom is -0.410 e. The molecule has 0 radical (unpaired) electrons. The molecule has 0 amide bonds. The van der Waals surface area contributed by atoms with Gasteiger partial charge in [0.15, 0.2) is 5.17 Å². The maximum atomic E-state index is 8.56. The monoisotopic (exact) mass is 236 g/mol. The topological polar surface area (TPSA) is 63.3 Å². The number of benzene rings is 1. The van der Waals surface area contributed by atoms with E-state index in [2.05, 4.69) is 15.2 Å².